The van der Waals surface area contributed by atoms with Crippen molar-refractivity contribution in [3.8, 4) is 0 Å². The van der Waals surface area contributed by atoms with Crippen LogP contribution in [0.1, 0.15) is 45.4 Å². The topological polar surface area (TPSA) is 12.0 Å². The van der Waals surface area contributed by atoms with Gasteiger partial charge in [0.05, 0.1) is 0 Å². The molecule has 90 valence electrons. The standard InChI is InChI=1S/C11H20F3N/c1-9(10-5-2-3-6-10)15-8-4-7-11(12,13)14/h9-10,15H,2-8H2,1H3/t9-/m0/s1. The van der Waals surface area contributed by atoms with E-state index < -0.39 is 12.6 Å². The van der Waals surface area contributed by atoms with Crippen molar-refractivity contribution in [3.63, 3.8) is 0 Å². The Labute approximate surface area is 89.4 Å². The molecule has 0 radical (unpaired) electrons. The minimum atomic E-state index is -4.00. The van der Waals surface area contributed by atoms with Crippen LogP contribution in [0.2, 0.25) is 0 Å². The first-order valence-electron chi connectivity index (χ1n) is 5.79. The molecule has 0 amide bonds. The van der Waals surface area contributed by atoms with Gasteiger partial charge in [-0.25, -0.2) is 0 Å². The number of hydrogen-bond donors (Lipinski definition) is 1. The van der Waals surface area contributed by atoms with Crippen LogP contribution in [0, 0.1) is 5.92 Å². The van der Waals surface area contributed by atoms with Gasteiger partial charge in [0.25, 0.3) is 0 Å². The Hall–Kier alpha value is -0.250. The molecule has 0 bridgehead atoms. The van der Waals surface area contributed by atoms with E-state index in [1.165, 1.54) is 25.7 Å². The highest BCUT2D eigenvalue weighted by atomic mass is 19.4. The second-order valence-electron chi connectivity index (χ2n) is 4.51. The summed E-state index contributed by atoms with van der Waals surface area (Å²) in [6.07, 6.45) is 0.537. The molecule has 0 heterocycles. The van der Waals surface area contributed by atoms with E-state index in [1.54, 1.807) is 0 Å². The van der Waals surface area contributed by atoms with Gasteiger partial charge in [0.2, 0.25) is 0 Å². The van der Waals surface area contributed by atoms with Gasteiger partial charge in [0, 0.05) is 12.5 Å². The molecular weight excluding hydrogens is 203 g/mol. The molecule has 0 aromatic heterocycles. The van der Waals surface area contributed by atoms with Crippen LogP contribution in [0.15, 0.2) is 0 Å². The molecule has 0 aliphatic heterocycles. The fraction of sp³-hybridized carbons (Fsp3) is 1.00. The zero-order valence-electron chi connectivity index (χ0n) is 9.24. The molecule has 1 saturated carbocycles. The maximum absolute atomic E-state index is 11.9. The van der Waals surface area contributed by atoms with Crippen molar-refractivity contribution >= 4 is 0 Å². The van der Waals surface area contributed by atoms with Crippen LogP contribution < -0.4 is 5.32 Å². The van der Waals surface area contributed by atoms with Crippen molar-refractivity contribution in [2.75, 3.05) is 6.54 Å². The fourth-order valence-electron chi connectivity index (χ4n) is 2.24. The zero-order valence-corrected chi connectivity index (χ0v) is 9.24. The Morgan fingerprint density at radius 1 is 1.27 bits per heavy atom. The van der Waals surface area contributed by atoms with Gasteiger partial charge in [0.1, 0.15) is 0 Å². The normalized spacial score (nSPS) is 20.8. The monoisotopic (exact) mass is 223 g/mol. The smallest absolute Gasteiger partial charge is 0.314 e. The average Bonchev–Trinajstić information content (AvgIpc) is 2.63. The molecule has 15 heavy (non-hydrogen) atoms. The molecule has 0 spiro atoms. The van der Waals surface area contributed by atoms with Gasteiger partial charge >= 0.3 is 6.18 Å². The van der Waals surface area contributed by atoms with Gasteiger partial charge in [0.15, 0.2) is 0 Å². The number of rotatable bonds is 5. The Bertz CT molecular complexity index is 173. The molecule has 1 aliphatic carbocycles. The maximum Gasteiger partial charge on any atom is 0.389 e. The zero-order chi connectivity index (χ0) is 11.3. The van der Waals surface area contributed by atoms with Crippen LogP contribution in [0.3, 0.4) is 0 Å². The van der Waals surface area contributed by atoms with Crippen LogP contribution in [0.5, 0.6) is 0 Å². The second kappa shape index (κ2) is 5.73. The predicted octanol–water partition coefficient (Wildman–Crippen LogP) is 3.50. The lowest BCUT2D eigenvalue weighted by Gasteiger charge is -2.20. The van der Waals surface area contributed by atoms with Gasteiger partial charge in [-0.15, -0.1) is 0 Å². The molecule has 1 fully saturated rings. The van der Waals surface area contributed by atoms with Gasteiger partial charge in [-0.1, -0.05) is 12.8 Å². The average molecular weight is 223 g/mol. The third-order valence-electron chi connectivity index (χ3n) is 3.21. The molecule has 1 rings (SSSR count). The molecule has 1 nitrogen and oxygen atoms in total. The van der Waals surface area contributed by atoms with Crippen molar-refractivity contribution in [2.24, 2.45) is 5.92 Å². The molecule has 1 atom stereocenters. The fourth-order valence-corrected chi connectivity index (χ4v) is 2.24. The quantitative estimate of drug-likeness (QED) is 0.703. The number of alkyl halides is 3. The van der Waals surface area contributed by atoms with Crippen molar-refractivity contribution < 1.29 is 13.2 Å². The Balaban J connectivity index is 2.04. The predicted molar refractivity (Wildman–Crippen MR) is 54.7 cm³/mol. The minimum Gasteiger partial charge on any atom is -0.314 e. The highest BCUT2D eigenvalue weighted by Gasteiger charge is 2.26. The third kappa shape index (κ3) is 5.40. The summed E-state index contributed by atoms with van der Waals surface area (Å²) in [5, 5.41) is 3.20. The summed E-state index contributed by atoms with van der Waals surface area (Å²) in [7, 11) is 0. The van der Waals surface area contributed by atoms with E-state index in [1.807, 2.05) is 0 Å². The Kier molecular flexibility index (Phi) is 4.90. The van der Waals surface area contributed by atoms with E-state index in [-0.39, 0.29) is 6.42 Å². The number of hydrogen-bond acceptors (Lipinski definition) is 1. The lowest BCUT2D eigenvalue weighted by atomic mass is 10.00. The third-order valence-corrected chi connectivity index (χ3v) is 3.21. The number of halogens is 3. The minimum absolute atomic E-state index is 0.195. The first kappa shape index (κ1) is 12.8. The van der Waals surface area contributed by atoms with Crippen molar-refractivity contribution in [2.45, 2.75) is 57.7 Å². The van der Waals surface area contributed by atoms with Crippen LogP contribution in [0.25, 0.3) is 0 Å². The summed E-state index contributed by atoms with van der Waals surface area (Å²) in [5.74, 6) is 0.677. The van der Waals surface area contributed by atoms with E-state index >= 15 is 0 Å². The van der Waals surface area contributed by atoms with Crippen molar-refractivity contribution in [1.82, 2.24) is 5.32 Å². The number of nitrogens with one attached hydrogen (secondary N) is 1. The first-order chi connectivity index (χ1) is 6.99. The second-order valence-corrected chi connectivity index (χ2v) is 4.51. The largest absolute Gasteiger partial charge is 0.389 e. The summed E-state index contributed by atoms with van der Waals surface area (Å²) in [5.41, 5.74) is 0. The maximum atomic E-state index is 11.9. The molecule has 0 aromatic carbocycles. The molecule has 4 heteroatoms. The molecule has 1 aliphatic rings. The highest BCUT2D eigenvalue weighted by molar-refractivity contribution is 4.77. The lowest BCUT2D eigenvalue weighted by Crippen LogP contribution is -2.33. The molecular formula is C11H20F3N. The van der Waals surface area contributed by atoms with E-state index in [2.05, 4.69) is 12.2 Å². The van der Waals surface area contributed by atoms with Gasteiger partial charge < -0.3 is 5.32 Å². The van der Waals surface area contributed by atoms with E-state index in [0.717, 1.165) is 0 Å². The summed E-state index contributed by atoms with van der Waals surface area (Å²) in [6.45, 7) is 2.57. The van der Waals surface area contributed by atoms with Crippen LogP contribution in [-0.4, -0.2) is 18.8 Å². The summed E-state index contributed by atoms with van der Waals surface area (Å²) in [6, 6.07) is 0.376. The van der Waals surface area contributed by atoms with E-state index in [9.17, 15) is 13.2 Å². The van der Waals surface area contributed by atoms with Gasteiger partial charge in [-0.3, -0.25) is 0 Å². The summed E-state index contributed by atoms with van der Waals surface area (Å²) in [4.78, 5) is 0. The molecule has 0 unspecified atom stereocenters. The summed E-state index contributed by atoms with van der Waals surface area (Å²) < 4.78 is 35.6. The Morgan fingerprint density at radius 2 is 1.87 bits per heavy atom. The highest BCUT2D eigenvalue weighted by Crippen LogP contribution is 2.27. The lowest BCUT2D eigenvalue weighted by molar-refractivity contribution is -0.135. The Morgan fingerprint density at radius 3 is 2.40 bits per heavy atom. The summed E-state index contributed by atoms with van der Waals surface area (Å²) >= 11 is 0. The van der Waals surface area contributed by atoms with Gasteiger partial charge in [-0.05, 0) is 38.6 Å². The van der Waals surface area contributed by atoms with E-state index in [0.29, 0.717) is 18.5 Å². The van der Waals surface area contributed by atoms with E-state index in [4.69, 9.17) is 0 Å². The molecule has 0 aromatic rings. The van der Waals surface area contributed by atoms with Crippen molar-refractivity contribution in [1.29, 1.82) is 0 Å². The van der Waals surface area contributed by atoms with Crippen molar-refractivity contribution in [3.05, 3.63) is 0 Å². The van der Waals surface area contributed by atoms with Crippen LogP contribution >= 0.6 is 0 Å². The van der Waals surface area contributed by atoms with Crippen LogP contribution in [0.4, 0.5) is 13.2 Å². The SMILES string of the molecule is C[C@H](NCCCC(F)(F)F)C1CCCC1. The molecule has 0 saturated heterocycles. The van der Waals surface area contributed by atoms with Crippen LogP contribution in [-0.2, 0) is 0 Å². The molecule has 1 N–H and O–H groups in total. The van der Waals surface area contributed by atoms with Gasteiger partial charge in [-0.2, -0.15) is 13.2 Å². The first-order valence-corrected chi connectivity index (χ1v) is 5.79.